The number of aliphatic hydroxyl groups is 1. The van der Waals surface area contributed by atoms with Crippen molar-refractivity contribution in [3.05, 3.63) is 35.4 Å². The van der Waals surface area contributed by atoms with E-state index in [1.807, 2.05) is 11.8 Å². The predicted molar refractivity (Wildman–Crippen MR) is 118 cm³/mol. The fraction of sp³-hybridized carbons (Fsp3) is 0.650. The van der Waals surface area contributed by atoms with Crippen LogP contribution in [0, 0.1) is 0 Å². The van der Waals surface area contributed by atoms with Gasteiger partial charge in [0.25, 0.3) is 0 Å². The average molecular weight is 543 g/mol. The molecule has 30 heavy (non-hydrogen) atoms. The molecule has 3 rings (SSSR count). The Morgan fingerprint density at radius 2 is 2.03 bits per heavy atom. The van der Waals surface area contributed by atoms with Gasteiger partial charge in [0.15, 0.2) is 5.96 Å². The second kappa shape index (κ2) is 11.0. The number of benzene rings is 1. The molecule has 6 nitrogen and oxygen atoms in total. The van der Waals surface area contributed by atoms with Gasteiger partial charge in [-0.1, -0.05) is 12.1 Å². The van der Waals surface area contributed by atoms with Crippen LogP contribution < -0.4 is 5.32 Å². The Balaban J connectivity index is 0.00000320. The maximum atomic E-state index is 13.0. The highest BCUT2D eigenvalue weighted by atomic mass is 127. The maximum absolute atomic E-state index is 13.0. The Kier molecular flexibility index (Phi) is 9.19. The van der Waals surface area contributed by atoms with Crippen LogP contribution in [-0.2, 0) is 15.7 Å². The van der Waals surface area contributed by atoms with Crippen molar-refractivity contribution in [3.63, 3.8) is 0 Å². The van der Waals surface area contributed by atoms with E-state index < -0.39 is 23.4 Å². The Morgan fingerprint density at radius 1 is 1.30 bits per heavy atom. The van der Waals surface area contributed by atoms with Crippen molar-refractivity contribution >= 4 is 29.9 Å². The van der Waals surface area contributed by atoms with E-state index in [2.05, 4.69) is 10.3 Å². The van der Waals surface area contributed by atoms with Crippen LogP contribution in [0.1, 0.15) is 37.0 Å². The maximum Gasteiger partial charge on any atom is 0.416 e. The van der Waals surface area contributed by atoms with Gasteiger partial charge < -0.3 is 24.8 Å². The summed E-state index contributed by atoms with van der Waals surface area (Å²) in [5.41, 5.74) is -1.08. The minimum absolute atomic E-state index is 0. The molecule has 0 saturated carbocycles. The molecule has 2 heterocycles. The lowest BCUT2D eigenvalue weighted by Gasteiger charge is -2.36. The first-order valence-corrected chi connectivity index (χ1v) is 9.93. The summed E-state index contributed by atoms with van der Waals surface area (Å²) in [6, 6.07) is 5.26. The molecular weight excluding hydrogens is 514 g/mol. The van der Waals surface area contributed by atoms with E-state index >= 15 is 0 Å². The van der Waals surface area contributed by atoms with E-state index in [-0.39, 0.29) is 30.5 Å². The van der Waals surface area contributed by atoms with Crippen molar-refractivity contribution < 1.29 is 27.8 Å². The number of hydrogen-bond donors (Lipinski definition) is 2. The molecule has 2 saturated heterocycles. The first-order valence-electron chi connectivity index (χ1n) is 9.93. The molecule has 1 aromatic carbocycles. The van der Waals surface area contributed by atoms with E-state index in [4.69, 9.17) is 9.47 Å². The lowest BCUT2D eigenvalue weighted by atomic mass is 9.95. The van der Waals surface area contributed by atoms with Gasteiger partial charge in [0, 0.05) is 39.1 Å². The summed E-state index contributed by atoms with van der Waals surface area (Å²) in [6.07, 6.45) is -3.81. The fourth-order valence-corrected chi connectivity index (χ4v) is 3.52. The number of guanidine groups is 1. The number of ether oxygens (including phenoxy) is 2. The number of hydrogen-bond acceptors (Lipinski definition) is 4. The highest BCUT2D eigenvalue weighted by Crippen LogP contribution is 2.32. The van der Waals surface area contributed by atoms with Gasteiger partial charge >= 0.3 is 6.18 Å². The van der Waals surface area contributed by atoms with Gasteiger partial charge in [-0.2, -0.15) is 13.2 Å². The molecule has 1 aromatic rings. The lowest BCUT2D eigenvalue weighted by Crippen LogP contribution is -2.49. The molecule has 0 spiro atoms. The molecular formula is C20H29F3IN3O3. The third-order valence-corrected chi connectivity index (χ3v) is 5.23. The Bertz CT molecular complexity index is 712. The quantitative estimate of drug-likeness (QED) is 0.347. The van der Waals surface area contributed by atoms with Crippen molar-refractivity contribution in [3.8, 4) is 0 Å². The molecule has 1 unspecified atom stereocenters. The predicted octanol–water partition coefficient (Wildman–Crippen LogP) is 3.20. The third kappa shape index (κ3) is 6.69. The summed E-state index contributed by atoms with van der Waals surface area (Å²) in [5, 5.41) is 13.9. The summed E-state index contributed by atoms with van der Waals surface area (Å²) in [4.78, 5) is 6.58. The van der Waals surface area contributed by atoms with Gasteiger partial charge in [-0.3, -0.25) is 4.99 Å². The van der Waals surface area contributed by atoms with Crippen LogP contribution in [-0.4, -0.2) is 67.6 Å². The average Bonchev–Trinajstić information content (AvgIpc) is 2.71. The smallest absolute Gasteiger partial charge is 0.388 e. The Labute approximate surface area is 191 Å². The van der Waals surface area contributed by atoms with Crippen molar-refractivity contribution in [2.45, 2.75) is 37.6 Å². The van der Waals surface area contributed by atoms with Gasteiger partial charge in [-0.25, -0.2) is 0 Å². The van der Waals surface area contributed by atoms with Gasteiger partial charge in [0.2, 0.25) is 0 Å². The summed E-state index contributed by atoms with van der Waals surface area (Å²) < 4.78 is 50.2. The van der Waals surface area contributed by atoms with E-state index in [1.54, 1.807) is 6.07 Å². The lowest BCUT2D eigenvalue weighted by molar-refractivity contribution is -0.137. The van der Waals surface area contributed by atoms with Crippen molar-refractivity contribution in [1.82, 2.24) is 10.2 Å². The van der Waals surface area contributed by atoms with Crippen LogP contribution in [0.4, 0.5) is 13.2 Å². The van der Waals surface area contributed by atoms with E-state index in [0.29, 0.717) is 63.8 Å². The summed E-state index contributed by atoms with van der Waals surface area (Å²) >= 11 is 0. The topological polar surface area (TPSA) is 66.3 Å². The van der Waals surface area contributed by atoms with E-state index in [1.165, 1.54) is 6.07 Å². The van der Waals surface area contributed by atoms with Crippen LogP contribution in [0.5, 0.6) is 0 Å². The highest BCUT2D eigenvalue weighted by Gasteiger charge is 2.33. The first-order chi connectivity index (χ1) is 13.8. The van der Waals surface area contributed by atoms with Gasteiger partial charge in [0.1, 0.15) is 6.10 Å². The summed E-state index contributed by atoms with van der Waals surface area (Å²) in [5.74, 6) is 0.632. The van der Waals surface area contributed by atoms with Crippen LogP contribution in [0.15, 0.2) is 29.3 Å². The minimum atomic E-state index is -4.39. The molecule has 2 aliphatic heterocycles. The standard InChI is InChI=1S/C20H28F3N3O3.HI/c1-2-24-18(25-14-19(27)6-9-28-10-7-19)26-8-11-29-17(13-26)15-4-3-5-16(12-15)20(21,22)23;/h3-5,12,17,27H,2,6-11,13-14H2,1H3,(H,24,25);1H. The second-order valence-electron chi connectivity index (χ2n) is 7.44. The van der Waals surface area contributed by atoms with Gasteiger partial charge in [-0.05, 0) is 24.6 Å². The zero-order chi connectivity index (χ0) is 20.9. The molecule has 2 fully saturated rings. The molecule has 2 aliphatic rings. The van der Waals surface area contributed by atoms with E-state index in [9.17, 15) is 18.3 Å². The largest absolute Gasteiger partial charge is 0.416 e. The number of nitrogens with zero attached hydrogens (tertiary/aromatic N) is 2. The number of nitrogens with one attached hydrogen (secondary N) is 1. The molecule has 10 heteroatoms. The summed E-state index contributed by atoms with van der Waals surface area (Å²) in [7, 11) is 0. The minimum Gasteiger partial charge on any atom is -0.388 e. The number of aliphatic imine (C=N–C) groups is 1. The van der Waals surface area contributed by atoms with Crippen LogP contribution >= 0.6 is 24.0 Å². The molecule has 1 atom stereocenters. The van der Waals surface area contributed by atoms with Crippen LogP contribution in [0.25, 0.3) is 0 Å². The Hall–Kier alpha value is -1.11. The van der Waals surface area contributed by atoms with Gasteiger partial charge in [-0.15, -0.1) is 24.0 Å². The molecule has 0 aliphatic carbocycles. The SMILES string of the molecule is CCNC(=NCC1(O)CCOCC1)N1CCOC(c2cccc(C(F)(F)F)c2)C1.I. The molecule has 0 aromatic heterocycles. The Morgan fingerprint density at radius 3 is 2.70 bits per heavy atom. The van der Waals surface area contributed by atoms with Crippen molar-refractivity contribution in [2.24, 2.45) is 4.99 Å². The number of alkyl halides is 3. The highest BCUT2D eigenvalue weighted by molar-refractivity contribution is 14.0. The second-order valence-corrected chi connectivity index (χ2v) is 7.44. The van der Waals surface area contributed by atoms with Crippen molar-refractivity contribution in [1.29, 1.82) is 0 Å². The molecule has 0 bridgehead atoms. The number of rotatable bonds is 4. The zero-order valence-corrected chi connectivity index (χ0v) is 19.3. The van der Waals surface area contributed by atoms with Crippen LogP contribution in [0.2, 0.25) is 0 Å². The van der Waals surface area contributed by atoms with Crippen LogP contribution in [0.3, 0.4) is 0 Å². The number of morpholine rings is 1. The molecule has 0 amide bonds. The van der Waals surface area contributed by atoms with Gasteiger partial charge in [0.05, 0.1) is 30.9 Å². The normalized spacial score (nSPS) is 22.4. The molecule has 0 radical (unpaired) electrons. The third-order valence-electron chi connectivity index (χ3n) is 5.23. The monoisotopic (exact) mass is 543 g/mol. The molecule has 2 N–H and O–H groups in total. The first kappa shape index (κ1) is 25.2. The summed E-state index contributed by atoms with van der Waals surface area (Å²) in [6.45, 7) is 5.20. The molecule has 170 valence electrons. The van der Waals surface area contributed by atoms with Crippen molar-refractivity contribution in [2.75, 3.05) is 46.0 Å². The number of halogens is 4. The zero-order valence-electron chi connectivity index (χ0n) is 17.0. The fourth-order valence-electron chi connectivity index (χ4n) is 3.52. The van der Waals surface area contributed by atoms with E-state index in [0.717, 1.165) is 12.1 Å².